The van der Waals surface area contributed by atoms with Crippen molar-refractivity contribution in [2.24, 2.45) is 0 Å². The average molecular weight is 420 g/mol. The normalized spacial score (nSPS) is 11.6. The van der Waals surface area contributed by atoms with E-state index in [1.165, 1.54) is 25.3 Å². The van der Waals surface area contributed by atoms with E-state index in [0.717, 1.165) is 6.07 Å². The summed E-state index contributed by atoms with van der Waals surface area (Å²) in [4.78, 5) is 16.5. The Balaban J connectivity index is 1.79. The van der Waals surface area contributed by atoms with Crippen LogP contribution in [0, 0.1) is 5.82 Å². The first-order valence-corrected chi connectivity index (χ1v) is 8.67. The Morgan fingerprint density at radius 3 is 2.53 bits per heavy atom. The average Bonchev–Trinajstić information content (AvgIpc) is 2.71. The van der Waals surface area contributed by atoms with Crippen LogP contribution in [0.1, 0.15) is 22.5 Å². The molecule has 0 fully saturated rings. The van der Waals surface area contributed by atoms with Gasteiger partial charge in [0.1, 0.15) is 18.1 Å². The van der Waals surface area contributed by atoms with Gasteiger partial charge in [-0.1, -0.05) is 30.3 Å². The minimum Gasteiger partial charge on any atom is -0.493 e. The van der Waals surface area contributed by atoms with Crippen LogP contribution in [0.3, 0.4) is 0 Å². The summed E-state index contributed by atoms with van der Waals surface area (Å²) >= 11 is 0. The van der Waals surface area contributed by atoms with E-state index in [1.807, 2.05) is 0 Å². The number of nitrogens with zero attached hydrogens (tertiary/aromatic N) is 1. The lowest BCUT2D eigenvalue weighted by Crippen LogP contribution is -2.19. The van der Waals surface area contributed by atoms with Crippen LogP contribution in [0.25, 0.3) is 12.2 Å². The van der Waals surface area contributed by atoms with Crippen molar-refractivity contribution in [3.63, 3.8) is 0 Å². The largest absolute Gasteiger partial charge is 0.493 e. The molecule has 0 amide bonds. The third-order valence-corrected chi connectivity index (χ3v) is 4.05. The third kappa shape index (κ3) is 5.25. The molecule has 0 spiro atoms. The first kappa shape index (κ1) is 21.1. The highest BCUT2D eigenvalue weighted by Crippen LogP contribution is 2.30. The van der Waals surface area contributed by atoms with Gasteiger partial charge in [-0.25, -0.2) is 9.18 Å². The van der Waals surface area contributed by atoms with Gasteiger partial charge in [-0.05, 0) is 35.9 Å². The maximum atomic E-state index is 13.7. The summed E-state index contributed by atoms with van der Waals surface area (Å²) in [6.07, 6.45) is -1.94. The molecule has 9 heteroatoms. The van der Waals surface area contributed by atoms with Crippen molar-refractivity contribution in [2.75, 3.05) is 7.11 Å². The first-order chi connectivity index (χ1) is 14.3. The van der Waals surface area contributed by atoms with Crippen molar-refractivity contribution in [3.05, 3.63) is 87.3 Å². The van der Waals surface area contributed by atoms with Crippen molar-refractivity contribution in [3.8, 4) is 11.5 Å². The van der Waals surface area contributed by atoms with E-state index in [2.05, 4.69) is 4.98 Å². The van der Waals surface area contributed by atoms with Gasteiger partial charge in [0.05, 0.1) is 12.8 Å². The van der Waals surface area contributed by atoms with E-state index < -0.39 is 17.6 Å². The van der Waals surface area contributed by atoms with Gasteiger partial charge in [0, 0.05) is 5.56 Å². The van der Waals surface area contributed by atoms with E-state index in [1.54, 1.807) is 41.4 Å². The molecule has 3 aromatic rings. The van der Waals surface area contributed by atoms with E-state index in [4.69, 9.17) is 9.47 Å². The van der Waals surface area contributed by atoms with Gasteiger partial charge in [0.2, 0.25) is 0 Å². The zero-order valence-corrected chi connectivity index (χ0v) is 15.7. The Morgan fingerprint density at radius 2 is 1.83 bits per heavy atom. The van der Waals surface area contributed by atoms with Crippen LogP contribution in [0.15, 0.2) is 53.3 Å². The second-order valence-corrected chi connectivity index (χ2v) is 6.15. The molecule has 0 saturated carbocycles. The van der Waals surface area contributed by atoms with Crippen LogP contribution in [0.4, 0.5) is 17.6 Å². The number of H-pyrrole nitrogens is 1. The van der Waals surface area contributed by atoms with Gasteiger partial charge >= 0.3 is 11.9 Å². The minimum absolute atomic E-state index is 0.00481. The number of alkyl halides is 3. The van der Waals surface area contributed by atoms with E-state index in [-0.39, 0.29) is 18.1 Å². The molecular formula is C21H16F4N2O3. The van der Waals surface area contributed by atoms with Crippen LogP contribution in [0.5, 0.6) is 11.5 Å². The molecular weight excluding hydrogens is 404 g/mol. The maximum Gasteiger partial charge on any atom is 0.431 e. The monoisotopic (exact) mass is 420 g/mol. The van der Waals surface area contributed by atoms with Gasteiger partial charge in [-0.3, -0.25) is 0 Å². The zero-order chi connectivity index (χ0) is 21.7. The topological polar surface area (TPSA) is 64.2 Å². The second-order valence-electron chi connectivity index (χ2n) is 6.15. The highest BCUT2D eigenvalue weighted by Gasteiger charge is 2.32. The number of aromatic amines is 1. The van der Waals surface area contributed by atoms with Crippen LogP contribution < -0.4 is 15.2 Å². The van der Waals surface area contributed by atoms with Crippen molar-refractivity contribution < 1.29 is 27.0 Å². The molecule has 0 saturated heterocycles. The fourth-order valence-electron chi connectivity index (χ4n) is 2.57. The summed E-state index contributed by atoms with van der Waals surface area (Å²) in [6, 6.07) is 11.7. The Kier molecular flexibility index (Phi) is 6.20. The molecule has 0 aliphatic rings. The third-order valence-electron chi connectivity index (χ3n) is 4.05. The molecule has 0 radical (unpaired) electrons. The molecule has 0 unspecified atom stereocenters. The Labute approximate surface area is 168 Å². The molecule has 3 rings (SSSR count). The number of aromatic nitrogens is 2. The van der Waals surface area contributed by atoms with Gasteiger partial charge in [0.25, 0.3) is 0 Å². The van der Waals surface area contributed by atoms with Gasteiger partial charge in [-0.2, -0.15) is 18.2 Å². The molecule has 2 aromatic carbocycles. The highest BCUT2D eigenvalue weighted by atomic mass is 19.4. The summed E-state index contributed by atoms with van der Waals surface area (Å²) in [5, 5.41) is 0. The molecule has 0 aliphatic heterocycles. The summed E-state index contributed by atoms with van der Waals surface area (Å²) in [5.74, 6) is 0.328. The lowest BCUT2D eigenvalue weighted by atomic mass is 10.1. The Hall–Kier alpha value is -3.62. The van der Waals surface area contributed by atoms with Gasteiger partial charge < -0.3 is 14.5 Å². The van der Waals surface area contributed by atoms with Crippen LogP contribution in [-0.4, -0.2) is 17.1 Å². The predicted octanol–water partition coefficient (Wildman–Crippen LogP) is 4.69. The van der Waals surface area contributed by atoms with Crippen molar-refractivity contribution in [2.45, 2.75) is 12.8 Å². The highest BCUT2D eigenvalue weighted by molar-refractivity contribution is 5.69. The predicted molar refractivity (Wildman–Crippen MR) is 103 cm³/mol. The molecule has 1 heterocycles. The van der Waals surface area contributed by atoms with Crippen LogP contribution in [0.2, 0.25) is 0 Å². The van der Waals surface area contributed by atoms with Crippen molar-refractivity contribution >= 4 is 12.2 Å². The zero-order valence-electron chi connectivity index (χ0n) is 15.7. The Bertz CT molecular complexity index is 1120. The molecule has 5 nitrogen and oxygen atoms in total. The molecule has 156 valence electrons. The SMILES string of the molecule is COc1cc(/C=C/c2cc(C(F)(F)F)[nH]c(=O)n2)ccc1OCc1ccccc1F. The summed E-state index contributed by atoms with van der Waals surface area (Å²) in [6.45, 7) is -0.00481. The van der Waals surface area contributed by atoms with Gasteiger partial charge in [-0.15, -0.1) is 0 Å². The number of hydrogen-bond acceptors (Lipinski definition) is 4. The molecule has 1 aromatic heterocycles. The number of halogens is 4. The first-order valence-electron chi connectivity index (χ1n) is 8.67. The quantitative estimate of drug-likeness (QED) is 0.588. The minimum atomic E-state index is -4.69. The Morgan fingerprint density at radius 1 is 1.07 bits per heavy atom. The van der Waals surface area contributed by atoms with Gasteiger partial charge in [0.15, 0.2) is 11.5 Å². The van der Waals surface area contributed by atoms with E-state index in [0.29, 0.717) is 22.6 Å². The fraction of sp³-hybridized carbons (Fsp3) is 0.143. The number of methoxy groups -OCH3 is 1. The fourth-order valence-corrected chi connectivity index (χ4v) is 2.57. The smallest absolute Gasteiger partial charge is 0.431 e. The molecule has 1 N–H and O–H groups in total. The number of benzene rings is 2. The van der Waals surface area contributed by atoms with E-state index in [9.17, 15) is 22.4 Å². The number of ether oxygens (including phenoxy) is 2. The van der Waals surface area contributed by atoms with E-state index >= 15 is 0 Å². The van der Waals surface area contributed by atoms with Crippen molar-refractivity contribution in [1.82, 2.24) is 9.97 Å². The lowest BCUT2D eigenvalue weighted by molar-refractivity contribution is -0.141. The lowest BCUT2D eigenvalue weighted by Gasteiger charge is -2.12. The summed E-state index contributed by atoms with van der Waals surface area (Å²) in [5.41, 5.74) is -1.48. The second kappa shape index (κ2) is 8.81. The molecule has 0 aliphatic carbocycles. The molecule has 0 atom stereocenters. The van der Waals surface area contributed by atoms with Crippen molar-refractivity contribution in [1.29, 1.82) is 0 Å². The van der Waals surface area contributed by atoms with Crippen LogP contribution in [-0.2, 0) is 12.8 Å². The standard InChI is InChI=1S/C21H16F4N2O3/c1-29-18-10-13(6-8-15-11-19(21(23,24)25)27-20(28)26-15)7-9-17(18)30-12-14-4-2-3-5-16(14)22/h2-11H,12H2,1H3,(H,26,27,28)/b8-6+. The number of nitrogens with one attached hydrogen (secondary N) is 1. The number of hydrogen-bond donors (Lipinski definition) is 1. The summed E-state index contributed by atoms with van der Waals surface area (Å²) in [7, 11) is 1.42. The summed E-state index contributed by atoms with van der Waals surface area (Å²) < 4.78 is 63.0. The molecule has 0 bridgehead atoms. The number of rotatable bonds is 6. The maximum absolute atomic E-state index is 13.7. The van der Waals surface area contributed by atoms with Crippen LogP contribution >= 0.6 is 0 Å². The molecule has 30 heavy (non-hydrogen) atoms.